The molecule has 6 nitrogen and oxygen atoms in total. The molecule has 0 amide bonds. The number of sulfonamides is 1. The minimum atomic E-state index is -3.80. The van der Waals surface area contributed by atoms with Gasteiger partial charge < -0.3 is 9.47 Å². The van der Waals surface area contributed by atoms with E-state index in [0.29, 0.717) is 5.69 Å². The molecular formula is C17H18ClNO5S. The molecule has 0 spiro atoms. The quantitative estimate of drug-likeness (QED) is 0.774. The predicted octanol–water partition coefficient (Wildman–Crippen LogP) is 3.31. The van der Waals surface area contributed by atoms with E-state index < -0.39 is 16.0 Å². The highest BCUT2D eigenvalue weighted by Gasteiger charge is 2.17. The van der Waals surface area contributed by atoms with Crippen molar-refractivity contribution >= 4 is 33.3 Å². The number of halogens is 1. The van der Waals surface area contributed by atoms with Gasteiger partial charge in [-0.1, -0.05) is 17.7 Å². The van der Waals surface area contributed by atoms with Crippen molar-refractivity contribution in [3.63, 3.8) is 0 Å². The number of benzene rings is 2. The maximum atomic E-state index is 12.5. The summed E-state index contributed by atoms with van der Waals surface area (Å²) in [6.07, 6.45) is 0. The molecule has 2 aromatic rings. The molecule has 1 N–H and O–H groups in total. The van der Waals surface area contributed by atoms with Gasteiger partial charge >= 0.3 is 5.97 Å². The molecule has 2 rings (SSSR count). The van der Waals surface area contributed by atoms with E-state index in [0.717, 1.165) is 11.1 Å². The molecule has 0 unspecified atom stereocenters. The lowest BCUT2D eigenvalue weighted by atomic mass is 10.1. The van der Waals surface area contributed by atoms with Crippen molar-refractivity contribution in [1.29, 1.82) is 0 Å². The molecule has 0 heterocycles. The summed E-state index contributed by atoms with van der Waals surface area (Å²) in [5.41, 5.74) is 2.51. The second-order valence-corrected chi connectivity index (χ2v) is 7.45. The Hall–Kier alpha value is -2.25. The standard InChI is InChI=1S/C17H18ClNO5S/c1-11-4-5-13(8-12(11)2)19-25(21,22)14-6-7-16(15(18)9-14)24-10-17(20)23-3/h4-9,19H,10H2,1-3H3. The predicted molar refractivity (Wildman–Crippen MR) is 95.7 cm³/mol. The first kappa shape index (κ1) is 19.1. The van der Waals surface area contributed by atoms with Crippen LogP contribution in [0.3, 0.4) is 0 Å². The Kier molecular flexibility index (Phi) is 5.92. The molecule has 2 aromatic carbocycles. The van der Waals surface area contributed by atoms with E-state index >= 15 is 0 Å². The average molecular weight is 384 g/mol. The summed E-state index contributed by atoms with van der Waals surface area (Å²) in [5.74, 6) is -0.374. The van der Waals surface area contributed by atoms with Gasteiger partial charge in [-0.3, -0.25) is 4.72 Å². The van der Waals surface area contributed by atoms with Crippen LogP contribution in [0.15, 0.2) is 41.3 Å². The lowest BCUT2D eigenvalue weighted by Crippen LogP contribution is -2.14. The second-order valence-electron chi connectivity index (χ2n) is 5.36. The summed E-state index contributed by atoms with van der Waals surface area (Å²) in [5, 5.41) is 0.0758. The first-order chi connectivity index (χ1) is 11.7. The zero-order chi connectivity index (χ0) is 18.6. The van der Waals surface area contributed by atoms with Gasteiger partial charge in [0.1, 0.15) is 5.75 Å². The van der Waals surface area contributed by atoms with E-state index in [1.165, 1.54) is 25.3 Å². The number of hydrogen-bond donors (Lipinski definition) is 1. The molecule has 134 valence electrons. The molecule has 0 aromatic heterocycles. The van der Waals surface area contributed by atoms with Gasteiger partial charge in [0.2, 0.25) is 0 Å². The van der Waals surface area contributed by atoms with Gasteiger partial charge in [-0.05, 0) is 55.3 Å². The fourth-order valence-corrected chi connectivity index (χ4v) is 3.36. The van der Waals surface area contributed by atoms with Crippen LogP contribution in [0, 0.1) is 13.8 Å². The van der Waals surface area contributed by atoms with E-state index in [2.05, 4.69) is 9.46 Å². The van der Waals surface area contributed by atoms with Gasteiger partial charge in [-0.25, -0.2) is 13.2 Å². The number of aryl methyl sites for hydroxylation is 2. The van der Waals surface area contributed by atoms with Crippen molar-refractivity contribution in [1.82, 2.24) is 0 Å². The highest BCUT2D eigenvalue weighted by Crippen LogP contribution is 2.28. The van der Waals surface area contributed by atoms with E-state index in [1.54, 1.807) is 12.1 Å². The summed E-state index contributed by atoms with van der Waals surface area (Å²) in [7, 11) is -2.56. The second kappa shape index (κ2) is 7.76. The summed E-state index contributed by atoms with van der Waals surface area (Å²) < 4.78 is 37.1. The Morgan fingerprint density at radius 2 is 1.84 bits per heavy atom. The van der Waals surface area contributed by atoms with Crippen LogP contribution in [0.2, 0.25) is 5.02 Å². The van der Waals surface area contributed by atoms with Gasteiger partial charge in [0.05, 0.1) is 17.0 Å². The van der Waals surface area contributed by atoms with Crippen LogP contribution in [0.4, 0.5) is 5.69 Å². The Labute approximate surface area is 151 Å². The molecule has 0 atom stereocenters. The van der Waals surface area contributed by atoms with Crippen molar-refractivity contribution < 1.29 is 22.7 Å². The maximum absolute atomic E-state index is 12.5. The lowest BCUT2D eigenvalue weighted by molar-refractivity contribution is -0.142. The highest BCUT2D eigenvalue weighted by molar-refractivity contribution is 7.92. The SMILES string of the molecule is COC(=O)COc1ccc(S(=O)(=O)Nc2ccc(C)c(C)c2)cc1Cl. The smallest absolute Gasteiger partial charge is 0.343 e. The minimum absolute atomic E-state index is 0.0128. The molecule has 25 heavy (non-hydrogen) atoms. The topological polar surface area (TPSA) is 81.7 Å². The van der Waals surface area contributed by atoms with Gasteiger partial charge in [0, 0.05) is 5.69 Å². The molecule has 0 aliphatic rings. The van der Waals surface area contributed by atoms with Crippen molar-refractivity contribution in [3.8, 4) is 5.75 Å². The van der Waals surface area contributed by atoms with Gasteiger partial charge in [-0.15, -0.1) is 0 Å². The monoisotopic (exact) mass is 383 g/mol. The van der Waals surface area contributed by atoms with Gasteiger partial charge in [0.15, 0.2) is 6.61 Å². The first-order valence-corrected chi connectivity index (χ1v) is 9.18. The van der Waals surface area contributed by atoms with Crippen LogP contribution < -0.4 is 9.46 Å². The maximum Gasteiger partial charge on any atom is 0.343 e. The summed E-state index contributed by atoms with van der Waals surface area (Å²) >= 11 is 6.04. The third-order valence-electron chi connectivity index (χ3n) is 3.55. The number of carbonyl (C=O) groups is 1. The number of anilines is 1. The molecule has 0 fully saturated rings. The number of methoxy groups -OCH3 is 1. The van der Waals surface area contributed by atoms with Gasteiger partial charge in [0.25, 0.3) is 10.0 Å². The number of carbonyl (C=O) groups excluding carboxylic acids is 1. The Morgan fingerprint density at radius 3 is 2.44 bits per heavy atom. The first-order valence-electron chi connectivity index (χ1n) is 7.32. The number of rotatable bonds is 6. The van der Waals surface area contributed by atoms with Gasteiger partial charge in [-0.2, -0.15) is 0 Å². The Morgan fingerprint density at radius 1 is 1.12 bits per heavy atom. The summed E-state index contributed by atoms with van der Waals surface area (Å²) in [4.78, 5) is 11.1. The third kappa shape index (κ3) is 4.87. The lowest BCUT2D eigenvalue weighted by Gasteiger charge is -2.12. The molecular weight excluding hydrogens is 366 g/mol. The molecule has 0 radical (unpaired) electrons. The zero-order valence-corrected chi connectivity index (χ0v) is 15.6. The van der Waals surface area contributed by atoms with E-state index in [9.17, 15) is 13.2 Å². The zero-order valence-electron chi connectivity index (χ0n) is 14.0. The fraction of sp³-hybridized carbons (Fsp3) is 0.235. The van der Waals surface area contributed by atoms with E-state index in [-0.39, 0.29) is 22.3 Å². The van der Waals surface area contributed by atoms with Crippen LogP contribution >= 0.6 is 11.6 Å². The molecule has 0 bridgehead atoms. The number of esters is 1. The van der Waals surface area contributed by atoms with Crippen molar-refractivity contribution in [3.05, 3.63) is 52.5 Å². The molecule has 0 aliphatic carbocycles. The van der Waals surface area contributed by atoms with Crippen molar-refractivity contribution in [2.24, 2.45) is 0 Å². The number of nitrogens with one attached hydrogen (secondary N) is 1. The van der Waals surface area contributed by atoms with Crippen molar-refractivity contribution in [2.75, 3.05) is 18.4 Å². The highest BCUT2D eigenvalue weighted by atomic mass is 35.5. The van der Waals surface area contributed by atoms with Crippen molar-refractivity contribution in [2.45, 2.75) is 18.7 Å². The molecule has 0 saturated carbocycles. The van der Waals surface area contributed by atoms with Crippen LogP contribution in [-0.2, 0) is 19.6 Å². The Balaban J connectivity index is 2.20. The number of ether oxygens (including phenoxy) is 2. The van der Waals surface area contributed by atoms with Crippen LogP contribution in [-0.4, -0.2) is 28.1 Å². The van der Waals surface area contributed by atoms with E-state index in [4.69, 9.17) is 16.3 Å². The number of hydrogen-bond acceptors (Lipinski definition) is 5. The Bertz CT molecular complexity index is 896. The largest absolute Gasteiger partial charge is 0.480 e. The fourth-order valence-electron chi connectivity index (χ4n) is 1.98. The van der Waals surface area contributed by atoms with Crippen LogP contribution in [0.1, 0.15) is 11.1 Å². The van der Waals surface area contributed by atoms with E-state index in [1.807, 2.05) is 19.9 Å². The summed E-state index contributed by atoms with van der Waals surface area (Å²) in [6.45, 7) is 3.53. The van der Waals surface area contributed by atoms with Crippen LogP contribution in [0.25, 0.3) is 0 Å². The minimum Gasteiger partial charge on any atom is -0.480 e. The molecule has 8 heteroatoms. The summed E-state index contributed by atoms with van der Waals surface area (Å²) in [6, 6.07) is 9.28. The van der Waals surface area contributed by atoms with Crippen LogP contribution in [0.5, 0.6) is 5.75 Å². The normalized spacial score (nSPS) is 11.0. The third-order valence-corrected chi connectivity index (χ3v) is 5.22. The molecule has 0 aliphatic heterocycles. The molecule has 0 saturated heterocycles. The average Bonchev–Trinajstić information content (AvgIpc) is 2.56.